The number of fused-ring (bicyclic) bond motifs is 1. The highest BCUT2D eigenvalue weighted by atomic mass is 16.1. The van der Waals surface area contributed by atoms with Gasteiger partial charge in [0, 0.05) is 18.3 Å². The van der Waals surface area contributed by atoms with Crippen LogP contribution in [0.15, 0.2) is 48.9 Å². The van der Waals surface area contributed by atoms with Crippen molar-refractivity contribution in [3.63, 3.8) is 0 Å². The molecule has 4 rings (SSSR count). The Balaban J connectivity index is 1.49. The fourth-order valence-electron chi connectivity index (χ4n) is 3.34. The number of imidazole rings is 1. The van der Waals surface area contributed by atoms with Crippen LogP contribution in [0.2, 0.25) is 0 Å². The zero-order valence-corrected chi connectivity index (χ0v) is 13.9. The minimum absolute atomic E-state index is 0.0741. The van der Waals surface area contributed by atoms with E-state index in [2.05, 4.69) is 15.3 Å². The lowest BCUT2D eigenvalue weighted by molar-refractivity contribution is 0.0925. The van der Waals surface area contributed by atoms with E-state index in [1.807, 2.05) is 34.9 Å². The van der Waals surface area contributed by atoms with Crippen molar-refractivity contribution in [3.05, 3.63) is 54.5 Å². The van der Waals surface area contributed by atoms with Gasteiger partial charge in [-0.2, -0.15) is 0 Å². The lowest BCUT2D eigenvalue weighted by Crippen LogP contribution is -2.40. The Bertz CT molecular complexity index is 878. The van der Waals surface area contributed by atoms with Gasteiger partial charge in [-0.3, -0.25) is 9.36 Å². The number of nitrogens with zero attached hydrogens (tertiary/aromatic N) is 3. The summed E-state index contributed by atoms with van der Waals surface area (Å²) in [5.41, 5.74) is 8.39. The number of nitrogens with two attached hydrogens (primary N) is 1. The second kappa shape index (κ2) is 6.64. The molecule has 25 heavy (non-hydrogen) atoms. The van der Waals surface area contributed by atoms with Crippen LogP contribution in [0.5, 0.6) is 0 Å². The van der Waals surface area contributed by atoms with Crippen molar-refractivity contribution in [1.82, 2.24) is 19.9 Å². The molecule has 3 N–H and O–H groups in total. The molecular weight excluding hydrogens is 314 g/mol. The highest BCUT2D eigenvalue weighted by Gasteiger charge is 2.20. The van der Waals surface area contributed by atoms with Gasteiger partial charge in [0.15, 0.2) is 0 Å². The fraction of sp³-hybridized carbons (Fsp3) is 0.316. The Kier molecular flexibility index (Phi) is 4.19. The van der Waals surface area contributed by atoms with E-state index in [4.69, 9.17) is 5.73 Å². The molecule has 2 heterocycles. The van der Waals surface area contributed by atoms with Crippen LogP contribution in [0.1, 0.15) is 36.0 Å². The van der Waals surface area contributed by atoms with Crippen LogP contribution in [0.3, 0.4) is 0 Å². The van der Waals surface area contributed by atoms with Crippen LogP contribution >= 0.6 is 0 Å². The summed E-state index contributed by atoms with van der Waals surface area (Å²) >= 11 is 0. The van der Waals surface area contributed by atoms with Crippen molar-refractivity contribution in [1.29, 1.82) is 0 Å². The topological polar surface area (TPSA) is 85.8 Å². The lowest BCUT2D eigenvalue weighted by atomic mass is 9.92. The number of carbonyl (C=O) groups excluding carboxylic acids is 1. The molecule has 1 amide bonds. The molecule has 0 saturated heterocycles. The summed E-state index contributed by atoms with van der Waals surface area (Å²) in [6, 6.07) is 12.0. The van der Waals surface area contributed by atoms with Gasteiger partial charge in [-0.05, 0) is 49.9 Å². The lowest BCUT2D eigenvalue weighted by Gasteiger charge is -2.26. The van der Waals surface area contributed by atoms with Crippen LogP contribution in [0.4, 0.5) is 0 Å². The minimum Gasteiger partial charge on any atom is -0.349 e. The molecule has 0 bridgehead atoms. The molecular formula is C19H21N5O. The van der Waals surface area contributed by atoms with E-state index < -0.39 is 0 Å². The van der Waals surface area contributed by atoms with Gasteiger partial charge in [0.05, 0.1) is 16.6 Å². The highest BCUT2D eigenvalue weighted by molar-refractivity contribution is 5.94. The third-order valence-electron chi connectivity index (χ3n) is 4.82. The summed E-state index contributed by atoms with van der Waals surface area (Å²) in [7, 11) is 0. The molecule has 1 aromatic carbocycles. The van der Waals surface area contributed by atoms with E-state index in [0.29, 0.717) is 5.56 Å². The van der Waals surface area contributed by atoms with Crippen molar-refractivity contribution in [2.45, 2.75) is 37.8 Å². The molecule has 2 aromatic heterocycles. The summed E-state index contributed by atoms with van der Waals surface area (Å²) < 4.78 is 1.92. The summed E-state index contributed by atoms with van der Waals surface area (Å²) in [6.45, 7) is 0. The minimum atomic E-state index is -0.0741. The molecule has 1 saturated carbocycles. The second-order valence-corrected chi connectivity index (χ2v) is 6.59. The maximum absolute atomic E-state index is 12.4. The SMILES string of the molecule is NC1CCC(NC(=O)c2ccc(-n3cnc4ccccc43)nc2)CC1. The van der Waals surface area contributed by atoms with Gasteiger partial charge in [-0.15, -0.1) is 0 Å². The van der Waals surface area contributed by atoms with E-state index in [1.165, 1.54) is 0 Å². The summed E-state index contributed by atoms with van der Waals surface area (Å²) in [4.78, 5) is 21.2. The molecule has 128 valence electrons. The molecule has 1 fully saturated rings. The average molecular weight is 335 g/mol. The number of aromatic nitrogens is 3. The standard InChI is InChI=1S/C19H21N5O/c20-14-6-8-15(9-7-14)23-19(25)13-5-10-18(21-11-13)24-12-22-16-3-1-2-4-17(16)24/h1-5,10-12,14-15H,6-9,20H2,(H,23,25). The molecule has 6 heteroatoms. The maximum Gasteiger partial charge on any atom is 0.253 e. The molecule has 1 aliphatic carbocycles. The number of para-hydroxylation sites is 2. The maximum atomic E-state index is 12.4. The van der Waals surface area contributed by atoms with E-state index >= 15 is 0 Å². The Hall–Kier alpha value is -2.73. The summed E-state index contributed by atoms with van der Waals surface area (Å²) in [5.74, 6) is 0.670. The third-order valence-corrected chi connectivity index (χ3v) is 4.82. The summed E-state index contributed by atoms with van der Waals surface area (Å²) in [5, 5.41) is 3.09. The molecule has 0 unspecified atom stereocenters. The normalized spacial score (nSPS) is 20.5. The molecule has 1 aliphatic rings. The quantitative estimate of drug-likeness (QED) is 0.770. The van der Waals surface area contributed by atoms with Gasteiger partial charge in [-0.1, -0.05) is 12.1 Å². The first kappa shape index (κ1) is 15.8. The largest absolute Gasteiger partial charge is 0.349 e. The first-order chi connectivity index (χ1) is 12.2. The number of rotatable bonds is 3. The predicted octanol–water partition coefficient (Wildman–Crippen LogP) is 2.42. The van der Waals surface area contributed by atoms with Gasteiger partial charge in [0.1, 0.15) is 12.1 Å². The number of pyridine rings is 1. The zero-order chi connectivity index (χ0) is 17.2. The Labute approximate surface area is 146 Å². The number of hydrogen-bond acceptors (Lipinski definition) is 4. The first-order valence-electron chi connectivity index (χ1n) is 8.65. The monoisotopic (exact) mass is 335 g/mol. The van der Waals surface area contributed by atoms with Crippen molar-refractivity contribution in [2.75, 3.05) is 0 Å². The molecule has 3 aromatic rings. The van der Waals surface area contributed by atoms with Crippen LogP contribution in [-0.4, -0.2) is 32.5 Å². The van der Waals surface area contributed by atoms with Gasteiger partial charge in [0.2, 0.25) is 0 Å². The second-order valence-electron chi connectivity index (χ2n) is 6.59. The number of amides is 1. The Morgan fingerprint density at radius 3 is 2.64 bits per heavy atom. The zero-order valence-electron chi connectivity index (χ0n) is 13.9. The fourth-order valence-corrected chi connectivity index (χ4v) is 3.34. The Morgan fingerprint density at radius 1 is 1.08 bits per heavy atom. The smallest absolute Gasteiger partial charge is 0.253 e. The molecule has 0 radical (unpaired) electrons. The van der Waals surface area contributed by atoms with E-state index in [-0.39, 0.29) is 18.0 Å². The predicted molar refractivity (Wildman–Crippen MR) is 96.6 cm³/mol. The number of carbonyl (C=O) groups is 1. The van der Waals surface area contributed by atoms with Crippen molar-refractivity contribution in [2.24, 2.45) is 5.73 Å². The number of benzene rings is 1. The van der Waals surface area contributed by atoms with Crippen LogP contribution in [0.25, 0.3) is 16.9 Å². The average Bonchev–Trinajstić information content (AvgIpc) is 3.08. The van der Waals surface area contributed by atoms with E-state index in [0.717, 1.165) is 42.5 Å². The molecule has 6 nitrogen and oxygen atoms in total. The van der Waals surface area contributed by atoms with E-state index in [1.54, 1.807) is 18.6 Å². The van der Waals surface area contributed by atoms with Gasteiger partial charge in [-0.25, -0.2) is 9.97 Å². The van der Waals surface area contributed by atoms with E-state index in [9.17, 15) is 4.79 Å². The van der Waals surface area contributed by atoms with Crippen LogP contribution < -0.4 is 11.1 Å². The highest BCUT2D eigenvalue weighted by Crippen LogP contribution is 2.18. The Morgan fingerprint density at radius 2 is 1.88 bits per heavy atom. The number of hydrogen-bond donors (Lipinski definition) is 2. The van der Waals surface area contributed by atoms with Gasteiger partial charge < -0.3 is 11.1 Å². The third kappa shape index (κ3) is 3.25. The van der Waals surface area contributed by atoms with Crippen LogP contribution in [-0.2, 0) is 0 Å². The van der Waals surface area contributed by atoms with Gasteiger partial charge in [0.25, 0.3) is 5.91 Å². The molecule has 0 atom stereocenters. The van der Waals surface area contributed by atoms with Crippen LogP contribution in [0, 0.1) is 0 Å². The first-order valence-corrected chi connectivity index (χ1v) is 8.65. The van der Waals surface area contributed by atoms with Gasteiger partial charge >= 0.3 is 0 Å². The summed E-state index contributed by atoms with van der Waals surface area (Å²) in [6.07, 6.45) is 7.19. The van der Waals surface area contributed by atoms with Crippen molar-refractivity contribution >= 4 is 16.9 Å². The molecule has 0 aliphatic heterocycles. The van der Waals surface area contributed by atoms with Crippen molar-refractivity contribution < 1.29 is 4.79 Å². The van der Waals surface area contributed by atoms with Crippen molar-refractivity contribution in [3.8, 4) is 5.82 Å². The molecule has 0 spiro atoms. The number of nitrogens with one attached hydrogen (secondary N) is 1.